The number of ether oxygens (including phenoxy) is 2. The van der Waals surface area contributed by atoms with Crippen molar-refractivity contribution in [3.05, 3.63) is 72.9 Å². The number of quaternary nitrogens is 1. The normalized spacial score (nSPS) is 14.2. The topological polar surface area (TPSA) is 111 Å². The lowest BCUT2D eigenvalue weighted by atomic mass is 10.0. The van der Waals surface area contributed by atoms with E-state index in [1.807, 2.05) is 39.4 Å². The highest BCUT2D eigenvalue weighted by Crippen LogP contribution is 2.38. The third kappa shape index (κ3) is 43.0. The Bertz CT molecular complexity index is 1220. The largest absolute Gasteiger partial charge is 0.756 e. The van der Waals surface area contributed by atoms with Crippen LogP contribution in [-0.4, -0.2) is 70.0 Å². The fraction of sp³-hybridized carbons (Fsp3) is 0.708. The van der Waals surface area contributed by atoms with Crippen molar-refractivity contribution in [1.29, 1.82) is 0 Å². The lowest BCUT2D eigenvalue weighted by Crippen LogP contribution is -2.37. The Morgan fingerprint density at radius 1 is 0.552 bits per heavy atom. The molecule has 2 unspecified atom stereocenters. The van der Waals surface area contributed by atoms with Crippen LogP contribution in [0.3, 0.4) is 0 Å². The van der Waals surface area contributed by atoms with Crippen molar-refractivity contribution in [1.82, 2.24) is 0 Å². The molecule has 0 saturated carbocycles. The van der Waals surface area contributed by atoms with E-state index in [1.54, 1.807) is 0 Å². The molecule has 0 aromatic rings. The van der Waals surface area contributed by atoms with Gasteiger partial charge in [0.05, 0.1) is 27.7 Å². The van der Waals surface area contributed by atoms with Crippen LogP contribution in [0.15, 0.2) is 72.9 Å². The number of rotatable bonds is 40. The molecule has 0 heterocycles. The van der Waals surface area contributed by atoms with Gasteiger partial charge in [-0.2, -0.15) is 0 Å². The number of allylic oxidation sites excluding steroid dienone is 12. The van der Waals surface area contributed by atoms with E-state index in [1.165, 1.54) is 51.4 Å². The van der Waals surface area contributed by atoms with Crippen LogP contribution in [-0.2, 0) is 32.7 Å². The molecule has 58 heavy (non-hydrogen) atoms. The van der Waals surface area contributed by atoms with E-state index in [4.69, 9.17) is 18.5 Å². The van der Waals surface area contributed by atoms with Gasteiger partial charge in [0.1, 0.15) is 19.8 Å². The number of phosphoric ester groups is 1. The number of esters is 2. The summed E-state index contributed by atoms with van der Waals surface area (Å²) < 4.78 is 33.9. The molecule has 0 N–H and O–H groups in total. The molecule has 0 radical (unpaired) electrons. The second-order valence-corrected chi connectivity index (χ2v) is 17.5. The Labute approximate surface area is 355 Å². The maximum Gasteiger partial charge on any atom is 0.306 e. The molecule has 0 bridgehead atoms. The van der Waals surface area contributed by atoms with E-state index in [2.05, 4.69) is 68.5 Å². The minimum Gasteiger partial charge on any atom is -0.756 e. The van der Waals surface area contributed by atoms with E-state index < -0.39 is 32.5 Å². The van der Waals surface area contributed by atoms with Crippen molar-refractivity contribution in [2.75, 3.05) is 47.5 Å². The molecule has 0 spiro atoms. The van der Waals surface area contributed by atoms with Gasteiger partial charge < -0.3 is 27.9 Å². The maximum atomic E-state index is 12.7. The van der Waals surface area contributed by atoms with Crippen molar-refractivity contribution in [3.8, 4) is 0 Å². The molecule has 0 fully saturated rings. The molecule has 0 aromatic heterocycles. The van der Waals surface area contributed by atoms with E-state index >= 15 is 0 Å². The van der Waals surface area contributed by atoms with E-state index in [0.29, 0.717) is 17.4 Å². The third-order valence-corrected chi connectivity index (χ3v) is 10.2. The van der Waals surface area contributed by atoms with Gasteiger partial charge in [0.25, 0.3) is 7.82 Å². The molecular weight excluding hydrogens is 750 g/mol. The highest BCUT2D eigenvalue weighted by atomic mass is 31.2. The quantitative estimate of drug-likeness (QED) is 0.0150. The monoisotopic (exact) mass is 834 g/mol. The molecule has 0 rings (SSSR count). The van der Waals surface area contributed by atoms with Gasteiger partial charge in [-0.05, 0) is 64.2 Å². The summed E-state index contributed by atoms with van der Waals surface area (Å²) in [6, 6.07) is 0. The summed E-state index contributed by atoms with van der Waals surface area (Å²) in [6.07, 6.45) is 49.3. The first-order chi connectivity index (χ1) is 28.0. The fourth-order valence-electron chi connectivity index (χ4n) is 5.79. The summed E-state index contributed by atoms with van der Waals surface area (Å²) in [6.45, 7) is 3.94. The minimum atomic E-state index is -4.63. The molecular formula is C48H84NO8P. The Morgan fingerprint density at radius 3 is 1.57 bits per heavy atom. The molecule has 0 amide bonds. The SMILES string of the molecule is CC/C=C/C=C/C=C/CCCCCCCC(=O)OC(COC(=O)CCCCCCCCCCCCC/C=C/C/C=C/C/C=C/CC)COP(=O)([O-])OCC[N+](C)(C)C. The third-order valence-electron chi connectivity index (χ3n) is 9.28. The number of carbonyl (C=O) groups is 2. The molecule has 0 saturated heterocycles. The average Bonchev–Trinajstić information content (AvgIpc) is 3.17. The zero-order valence-corrected chi connectivity index (χ0v) is 38.4. The number of nitrogens with zero attached hydrogens (tertiary/aromatic N) is 1. The van der Waals surface area contributed by atoms with Gasteiger partial charge in [-0.1, -0.05) is 164 Å². The number of hydrogen-bond acceptors (Lipinski definition) is 8. The maximum absolute atomic E-state index is 12.7. The van der Waals surface area contributed by atoms with Gasteiger partial charge in [-0.25, -0.2) is 0 Å². The lowest BCUT2D eigenvalue weighted by Gasteiger charge is -2.28. The smallest absolute Gasteiger partial charge is 0.306 e. The zero-order chi connectivity index (χ0) is 42.8. The predicted molar refractivity (Wildman–Crippen MR) is 240 cm³/mol. The summed E-state index contributed by atoms with van der Waals surface area (Å²) in [7, 11) is 1.14. The Morgan fingerprint density at radius 2 is 1.02 bits per heavy atom. The van der Waals surface area contributed by atoms with Crippen molar-refractivity contribution < 1.29 is 42.1 Å². The van der Waals surface area contributed by atoms with E-state index in [9.17, 15) is 19.0 Å². The fourth-order valence-corrected chi connectivity index (χ4v) is 6.51. The second kappa shape index (κ2) is 39.9. The van der Waals surface area contributed by atoms with Gasteiger partial charge >= 0.3 is 11.9 Å². The first-order valence-corrected chi connectivity index (χ1v) is 24.1. The Hall–Kier alpha value is -2.55. The Balaban J connectivity index is 4.30. The van der Waals surface area contributed by atoms with Gasteiger partial charge in [-0.3, -0.25) is 14.2 Å². The summed E-state index contributed by atoms with van der Waals surface area (Å²) in [5.74, 6) is -0.867. The average molecular weight is 834 g/mol. The van der Waals surface area contributed by atoms with Crippen LogP contribution in [0, 0.1) is 0 Å². The molecule has 0 aromatic carbocycles. The van der Waals surface area contributed by atoms with Gasteiger partial charge in [-0.15, -0.1) is 0 Å². The standard InChI is InChI=1S/C48H84NO8P/c1-6-8-10-12-14-16-18-20-21-22-23-24-25-26-27-29-30-32-34-36-38-40-47(50)54-44-46(45-56-58(52,53)55-43-42-49(3,4)5)57-48(51)41-39-37-35-33-31-28-19-17-15-13-11-9-7-2/h8-11,13-17,19-21,46H,6-7,12,18,22-45H2,1-5H3/b10-8+,11-9+,15-13+,16-14+,19-17+,21-20+. The first-order valence-electron chi connectivity index (χ1n) is 22.7. The van der Waals surface area contributed by atoms with Crippen molar-refractivity contribution >= 4 is 19.8 Å². The molecule has 334 valence electrons. The summed E-state index contributed by atoms with van der Waals surface area (Å²) in [4.78, 5) is 37.5. The molecule has 0 aliphatic heterocycles. The van der Waals surface area contributed by atoms with Crippen LogP contribution in [0.1, 0.15) is 168 Å². The van der Waals surface area contributed by atoms with Crippen LogP contribution >= 0.6 is 7.82 Å². The van der Waals surface area contributed by atoms with Gasteiger partial charge in [0.2, 0.25) is 0 Å². The zero-order valence-electron chi connectivity index (χ0n) is 37.5. The molecule has 10 heteroatoms. The second-order valence-electron chi connectivity index (χ2n) is 16.1. The van der Waals surface area contributed by atoms with Crippen LogP contribution in [0.4, 0.5) is 0 Å². The van der Waals surface area contributed by atoms with E-state index in [0.717, 1.165) is 83.5 Å². The van der Waals surface area contributed by atoms with Crippen LogP contribution < -0.4 is 4.89 Å². The van der Waals surface area contributed by atoms with Crippen LogP contribution in [0.5, 0.6) is 0 Å². The van der Waals surface area contributed by atoms with Crippen molar-refractivity contribution in [2.24, 2.45) is 0 Å². The highest BCUT2D eigenvalue weighted by molar-refractivity contribution is 7.45. The number of likely N-dealkylation sites (N-methyl/N-ethyl adjacent to an activating group) is 1. The summed E-state index contributed by atoms with van der Waals surface area (Å²) >= 11 is 0. The number of phosphoric acid groups is 1. The number of carbonyl (C=O) groups excluding carboxylic acids is 2. The Kier molecular flexibility index (Phi) is 38.1. The van der Waals surface area contributed by atoms with Crippen LogP contribution in [0.2, 0.25) is 0 Å². The van der Waals surface area contributed by atoms with Crippen LogP contribution in [0.25, 0.3) is 0 Å². The number of unbranched alkanes of at least 4 members (excludes halogenated alkanes) is 16. The van der Waals surface area contributed by atoms with Gasteiger partial charge in [0, 0.05) is 12.8 Å². The molecule has 0 aliphatic carbocycles. The summed E-state index contributed by atoms with van der Waals surface area (Å²) in [5.41, 5.74) is 0. The predicted octanol–water partition coefficient (Wildman–Crippen LogP) is 12.4. The summed E-state index contributed by atoms with van der Waals surface area (Å²) in [5, 5.41) is 0. The first kappa shape index (κ1) is 55.5. The molecule has 9 nitrogen and oxygen atoms in total. The van der Waals surface area contributed by atoms with E-state index in [-0.39, 0.29) is 26.1 Å². The highest BCUT2D eigenvalue weighted by Gasteiger charge is 2.21. The molecule has 0 aliphatic rings. The van der Waals surface area contributed by atoms with Gasteiger partial charge in [0.15, 0.2) is 6.10 Å². The lowest BCUT2D eigenvalue weighted by molar-refractivity contribution is -0.870. The van der Waals surface area contributed by atoms with Crippen molar-refractivity contribution in [3.63, 3.8) is 0 Å². The molecule has 2 atom stereocenters. The minimum absolute atomic E-state index is 0.0389. The number of hydrogen-bond donors (Lipinski definition) is 0. The van der Waals surface area contributed by atoms with Crippen molar-refractivity contribution in [2.45, 2.75) is 174 Å².